The normalized spacial score (nSPS) is 16.7. The Bertz CT molecular complexity index is 1030. The molecule has 1 atom stereocenters. The third-order valence-corrected chi connectivity index (χ3v) is 5.74. The first-order valence-electron chi connectivity index (χ1n) is 10.4. The molecule has 0 bridgehead atoms. The molecule has 0 saturated heterocycles. The Labute approximate surface area is 182 Å². The summed E-state index contributed by atoms with van der Waals surface area (Å²) in [5.74, 6) is 1.11. The molecule has 5 nitrogen and oxygen atoms in total. The number of hydrogen-bond acceptors (Lipinski definition) is 4. The maximum absolute atomic E-state index is 5.76. The van der Waals surface area contributed by atoms with Crippen molar-refractivity contribution in [2.24, 2.45) is 0 Å². The molecule has 154 valence electrons. The van der Waals surface area contributed by atoms with Gasteiger partial charge < -0.3 is 14.7 Å². The van der Waals surface area contributed by atoms with Gasteiger partial charge in [-0.05, 0) is 31.1 Å². The van der Waals surface area contributed by atoms with Crippen LogP contribution in [0.3, 0.4) is 0 Å². The zero-order valence-electron chi connectivity index (χ0n) is 17.3. The zero-order chi connectivity index (χ0) is 20.9. The number of benzene rings is 2. The Morgan fingerprint density at radius 2 is 1.73 bits per heavy atom. The zero-order valence-corrected chi connectivity index (χ0v) is 18.2. The predicted molar refractivity (Wildman–Crippen MR) is 123 cm³/mol. The number of allylic oxidation sites excluding steroid dienone is 1. The minimum Gasteiger partial charge on any atom is -0.351 e. The minimum atomic E-state index is -0.134. The van der Waals surface area contributed by atoms with Gasteiger partial charge in [0.05, 0.1) is 11.6 Å². The van der Waals surface area contributed by atoms with Gasteiger partial charge >= 0.3 is 0 Å². The Hall–Kier alpha value is -2.99. The highest BCUT2D eigenvalue weighted by Gasteiger charge is 2.33. The van der Waals surface area contributed by atoms with Gasteiger partial charge in [0.25, 0.3) is 5.89 Å². The Morgan fingerprint density at radius 3 is 2.43 bits per heavy atom. The van der Waals surface area contributed by atoms with E-state index in [1.807, 2.05) is 48.5 Å². The van der Waals surface area contributed by atoms with Crippen molar-refractivity contribution in [3.63, 3.8) is 0 Å². The van der Waals surface area contributed by atoms with Crippen molar-refractivity contribution in [2.75, 3.05) is 6.54 Å². The van der Waals surface area contributed by atoms with Crippen LogP contribution in [0.4, 0.5) is 0 Å². The molecule has 0 radical (unpaired) electrons. The van der Waals surface area contributed by atoms with Crippen LogP contribution in [0, 0.1) is 0 Å². The second-order valence-corrected chi connectivity index (χ2v) is 7.83. The fraction of sp³-hybridized carbons (Fsp3) is 0.292. The SMILES string of the molecule is CCCCCN1C(=S)NC(c2ccccc2)C(c2nc(-c3ccccc3)no2)=C1C. The number of nitrogens with one attached hydrogen (secondary N) is 1. The second-order valence-electron chi connectivity index (χ2n) is 7.44. The third-order valence-electron chi connectivity index (χ3n) is 5.40. The van der Waals surface area contributed by atoms with E-state index in [1.54, 1.807) is 0 Å². The van der Waals surface area contributed by atoms with Crippen LogP contribution in [0.2, 0.25) is 0 Å². The molecular formula is C24H26N4OS. The smallest absolute Gasteiger partial charge is 0.258 e. The molecule has 1 aromatic heterocycles. The van der Waals surface area contributed by atoms with Crippen molar-refractivity contribution in [1.82, 2.24) is 20.4 Å². The van der Waals surface area contributed by atoms with Crippen molar-refractivity contribution >= 4 is 22.9 Å². The number of nitrogens with zero attached hydrogens (tertiary/aromatic N) is 3. The molecule has 1 N–H and O–H groups in total. The average molecular weight is 419 g/mol. The van der Waals surface area contributed by atoms with Gasteiger partial charge in [-0.25, -0.2) is 0 Å². The van der Waals surface area contributed by atoms with Gasteiger partial charge in [0.2, 0.25) is 5.82 Å². The molecular weight excluding hydrogens is 392 g/mol. The van der Waals surface area contributed by atoms with Gasteiger partial charge in [-0.1, -0.05) is 85.6 Å². The molecule has 2 aromatic carbocycles. The van der Waals surface area contributed by atoms with Gasteiger partial charge in [-0.3, -0.25) is 0 Å². The second kappa shape index (κ2) is 9.22. The molecule has 1 aliphatic rings. The summed E-state index contributed by atoms with van der Waals surface area (Å²) >= 11 is 5.73. The number of unbranched alkanes of at least 4 members (excludes halogenated alkanes) is 2. The van der Waals surface area contributed by atoms with E-state index < -0.39 is 0 Å². The fourth-order valence-corrected chi connectivity index (χ4v) is 4.13. The van der Waals surface area contributed by atoms with E-state index >= 15 is 0 Å². The van der Waals surface area contributed by atoms with Crippen LogP contribution in [-0.2, 0) is 0 Å². The van der Waals surface area contributed by atoms with Crippen molar-refractivity contribution in [3.05, 3.63) is 77.8 Å². The van der Waals surface area contributed by atoms with Crippen molar-refractivity contribution in [1.29, 1.82) is 0 Å². The molecule has 0 fully saturated rings. The van der Waals surface area contributed by atoms with Gasteiger partial charge in [0, 0.05) is 17.8 Å². The lowest BCUT2D eigenvalue weighted by molar-refractivity contribution is 0.395. The lowest BCUT2D eigenvalue weighted by Crippen LogP contribution is -2.46. The topological polar surface area (TPSA) is 54.2 Å². The number of rotatable bonds is 7. The van der Waals surface area contributed by atoms with E-state index in [1.165, 1.54) is 12.8 Å². The predicted octanol–water partition coefficient (Wildman–Crippen LogP) is 5.59. The molecule has 3 aromatic rings. The van der Waals surface area contributed by atoms with Gasteiger partial charge in [-0.15, -0.1) is 0 Å². The summed E-state index contributed by atoms with van der Waals surface area (Å²) in [5, 5.41) is 8.49. The van der Waals surface area contributed by atoms with Crippen LogP contribution in [-0.4, -0.2) is 26.7 Å². The number of aromatic nitrogens is 2. The highest BCUT2D eigenvalue weighted by Crippen LogP contribution is 2.37. The monoisotopic (exact) mass is 418 g/mol. The molecule has 2 heterocycles. The first kappa shape index (κ1) is 20.3. The van der Waals surface area contributed by atoms with Crippen molar-refractivity contribution < 1.29 is 4.52 Å². The number of thiocarbonyl (C=S) groups is 1. The highest BCUT2D eigenvalue weighted by atomic mass is 32.1. The number of hydrogen-bond donors (Lipinski definition) is 1. The third kappa shape index (κ3) is 4.14. The van der Waals surface area contributed by atoms with Gasteiger partial charge in [0.1, 0.15) is 0 Å². The standard InChI is InChI=1S/C24H26N4OS/c1-3-4-11-16-28-17(2)20(21(25-24(28)30)18-12-7-5-8-13-18)23-26-22(27-29-23)19-14-9-6-10-15-19/h5-10,12-15,21H,3-4,11,16H2,1-2H3,(H,25,30). The molecule has 0 saturated carbocycles. The van der Waals surface area contributed by atoms with E-state index in [4.69, 9.17) is 21.7 Å². The van der Waals surface area contributed by atoms with Crippen LogP contribution in [0.15, 0.2) is 70.9 Å². The van der Waals surface area contributed by atoms with E-state index in [-0.39, 0.29) is 6.04 Å². The molecule has 0 amide bonds. The molecule has 1 aliphatic heterocycles. The first-order chi connectivity index (χ1) is 14.7. The van der Waals surface area contributed by atoms with E-state index in [9.17, 15) is 0 Å². The fourth-order valence-electron chi connectivity index (χ4n) is 3.78. The Morgan fingerprint density at radius 1 is 1.03 bits per heavy atom. The summed E-state index contributed by atoms with van der Waals surface area (Å²) < 4.78 is 5.76. The average Bonchev–Trinajstić information content (AvgIpc) is 3.26. The van der Waals surface area contributed by atoms with Gasteiger partial charge in [-0.2, -0.15) is 4.98 Å². The van der Waals surface area contributed by atoms with E-state index in [0.29, 0.717) is 11.7 Å². The van der Waals surface area contributed by atoms with E-state index in [0.717, 1.165) is 40.5 Å². The van der Waals surface area contributed by atoms with Crippen LogP contribution >= 0.6 is 12.2 Å². The lowest BCUT2D eigenvalue weighted by atomic mass is 9.94. The lowest BCUT2D eigenvalue weighted by Gasteiger charge is -2.37. The first-order valence-corrected chi connectivity index (χ1v) is 10.8. The summed E-state index contributed by atoms with van der Waals surface area (Å²) in [6.07, 6.45) is 3.42. The largest absolute Gasteiger partial charge is 0.351 e. The molecule has 1 unspecified atom stereocenters. The maximum atomic E-state index is 5.76. The molecule has 0 aliphatic carbocycles. The Balaban J connectivity index is 1.76. The quantitative estimate of drug-likeness (QED) is 0.399. The molecule has 30 heavy (non-hydrogen) atoms. The van der Waals surface area contributed by atoms with Crippen LogP contribution < -0.4 is 5.32 Å². The maximum Gasteiger partial charge on any atom is 0.258 e. The minimum absolute atomic E-state index is 0.134. The summed E-state index contributed by atoms with van der Waals surface area (Å²) in [6.45, 7) is 5.17. The summed E-state index contributed by atoms with van der Waals surface area (Å²) in [6, 6.07) is 20.0. The van der Waals surface area contributed by atoms with Crippen molar-refractivity contribution in [3.8, 4) is 11.4 Å². The van der Waals surface area contributed by atoms with Gasteiger partial charge in [0.15, 0.2) is 5.11 Å². The van der Waals surface area contributed by atoms with Crippen LogP contribution in [0.5, 0.6) is 0 Å². The summed E-state index contributed by atoms with van der Waals surface area (Å²) in [4.78, 5) is 6.90. The van der Waals surface area contributed by atoms with Crippen LogP contribution in [0.1, 0.15) is 50.6 Å². The Kier molecular flexibility index (Phi) is 6.23. The highest BCUT2D eigenvalue weighted by molar-refractivity contribution is 7.80. The molecule has 6 heteroatoms. The van der Waals surface area contributed by atoms with Crippen LogP contribution in [0.25, 0.3) is 17.0 Å². The van der Waals surface area contributed by atoms with Crippen molar-refractivity contribution in [2.45, 2.75) is 39.2 Å². The molecule has 4 rings (SSSR count). The summed E-state index contributed by atoms with van der Waals surface area (Å²) in [7, 11) is 0. The summed E-state index contributed by atoms with van der Waals surface area (Å²) in [5.41, 5.74) is 4.08. The van der Waals surface area contributed by atoms with E-state index in [2.05, 4.69) is 41.4 Å². The molecule has 0 spiro atoms.